The fourth-order valence-electron chi connectivity index (χ4n) is 5.73. The highest BCUT2D eigenvalue weighted by Gasteiger charge is 2.26. The van der Waals surface area contributed by atoms with Gasteiger partial charge in [0.25, 0.3) is 0 Å². The first-order chi connectivity index (χ1) is 27.7. The molecule has 0 bridgehead atoms. The van der Waals surface area contributed by atoms with Crippen molar-refractivity contribution in [2.45, 2.75) is 38.0 Å². The number of sulfone groups is 1. The van der Waals surface area contributed by atoms with Crippen molar-refractivity contribution in [1.82, 2.24) is 4.98 Å². The molecule has 0 aliphatic carbocycles. The smallest absolute Gasteiger partial charge is 0.329 e. The lowest BCUT2D eigenvalue weighted by Gasteiger charge is -2.23. The van der Waals surface area contributed by atoms with Crippen LogP contribution >= 0.6 is 0 Å². The van der Waals surface area contributed by atoms with E-state index < -0.39 is 27.3 Å². The van der Waals surface area contributed by atoms with Gasteiger partial charge in [-0.1, -0.05) is 52.0 Å². The molecule has 0 unspecified atom stereocenters. The highest BCUT2D eigenvalue weighted by molar-refractivity contribution is 7.91. The first kappa shape index (κ1) is 43.0. The van der Waals surface area contributed by atoms with Crippen LogP contribution in [0, 0.1) is 0 Å². The summed E-state index contributed by atoms with van der Waals surface area (Å²) in [5, 5.41) is 19.0. The minimum Gasteiger partial charge on any atom is -0.497 e. The average molecular weight is 817 g/mol. The summed E-state index contributed by atoms with van der Waals surface area (Å²) in [5.74, 6) is 1.48. The number of amides is 2. The van der Waals surface area contributed by atoms with Crippen LogP contribution in [0.25, 0.3) is 10.8 Å². The second-order valence-corrected chi connectivity index (χ2v) is 16.1. The van der Waals surface area contributed by atoms with Crippen LogP contribution < -0.4 is 34.9 Å². The minimum atomic E-state index is -3.68. The molecule has 1 heterocycles. The average Bonchev–Trinajstić information content (AvgIpc) is 3.19. The Morgan fingerprint density at radius 2 is 1.48 bits per heavy atom. The zero-order valence-corrected chi connectivity index (χ0v) is 34.0. The number of methoxy groups -OCH3 is 2. The quantitative estimate of drug-likeness (QED) is 0.0586. The molecule has 4 N–H and O–H groups in total. The number of hydrogen-bond acceptors (Lipinski definition) is 12. The Morgan fingerprint density at radius 1 is 0.776 bits per heavy atom. The van der Waals surface area contributed by atoms with Crippen molar-refractivity contribution in [1.29, 1.82) is 0 Å². The molecular weight excluding hydrogens is 769 g/mol. The van der Waals surface area contributed by atoms with Crippen molar-refractivity contribution in [3.63, 3.8) is 0 Å². The largest absolute Gasteiger partial charge is 0.497 e. The maximum atomic E-state index is 13.5. The fourth-order valence-corrected chi connectivity index (χ4v) is 6.82. The highest BCUT2D eigenvalue weighted by atomic mass is 32.2. The zero-order valence-electron chi connectivity index (χ0n) is 33.2. The number of rotatable bonds is 19. The Hall–Kier alpha value is -6.10. The first-order valence-corrected chi connectivity index (χ1v) is 20.0. The fraction of sp³-hybridized carbons (Fsp3) is 0.310. The summed E-state index contributed by atoms with van der Waals surface area (Å²) in [4.78, 5) is 28.5. The van der Waals surface area contributed by atoms with Crippen molar-refractivity contribution in [2.75, 3.05) is 69.0 Å². The van der Waals surface area contributed by atoms with Gasteiger partial charge in [-0.2, -0.15) is 0 Å². The summed E-state index contributed by atoms with van der Waals surface area (Å²) < 4.78 is 59.7. The van der Waals surface area contributed by atoms with E-state index in [4.69, 9.17) is 33.5 Å². The molecule has 5 aromatic rings. The van der Waals surface area contributed by atoms with Crippen molar-refractivity contribution in [3.8, 4) is 28.7 Å². The molecule has 0 fully saturated rings. The van der Waals surface area contributed by atoms with Crippen LogP contribution in [0.4, 0.5) is 27.7 Å². The number of pyridine rings is 1. The van der Waals surface area contributed by atoms with Gasteiger partial charge < -0.3 is 49.5 Å². The molecule has 0 atom stereocenters. The number of fused-ring (bicyclic) bond motifs is 1. The highest BCUT2D eigenvalue weighted by Crippen LogP contribution is 2.39. The normalized spacial score (nSPS) is 11.5. The summed E-state index contributed by atoms with van der Waals surface area (Å²) in [6, 6.07) is 22.4. The molecule has 58 heavy (non-hydrogen) atoms. The summed E-state index contributed by atoms with van der Waals surface area (Å²) in [7, 11) is -0.758. The molecule has 1 aromatic heterocycles. The Morgan fingerprint density at radius 3 is 2.19 bits per heavy atom. The van der Waals surface area contributed by atoms with Crippen LogP contribution in [0.15, 0.2) is 90.0 Å². The summed E-state index contributed by atoms with van der Waals surface area (Å²) in [6.45, 7) is 7.98. The SMILES string of the molecule is CCS(=O)(=O)c1cc(C(C)(C)C)cc(NC(=O)Nc2ccc(Oc3ccnc(Nc4cc(OC)cc(OCCOCCOCC(=O)O)c4)c3)c3ccccc23)c1OC. The van der Waals surface area contributed by atoms with Gasteiger partial charge in [0.15, 0.2) is 15.6 Å². The van der Waals surface area contributed by atoms with Gasteiger partial charge in [0.05, 0.1) is 51.2 Å². The second kappa shape index (κ2) is 19.4. The number of aliphatic carboxylic acids is 1. The summed E-state index contributed by atoms with van der Waals surface area (Å²) in [6.07, 6.45) is 1.61. The zero-order chi connectivity index (χ0) is 41.9. The first-order valence-electron chi connectivity index (χ1n) is 18.4. The molecule has 4 aromatic carbocycles. The van der Waals surface area contributed by atoms with E-state index >= 15 is 0 Å². The van der Waals surface area contributed by atoms with Crippen LogP contribution in [-0.2, 0) is 29.5 Å². The van der Waals surface area contributed by atoms with Crippen molar-refractivity contribution >= 4 is 55.5 Å². The standard InChI is InChI=1S/C42H48N4O11S/c1-7-58(50,51)37-21-27(42(2,3)4)20-35(40(37)53-6)46-41(49)45-34-12-13-36(33-11-9-8-10-32(33)34)57-29-14-15-43-38(25-29)44-28-22-30(52-5)24-31(23-28)56-19-18-54-16-17-55-26-39(47)48/h8-15,20-25H,7,16-19,26H2,1-6H3,(H,43,44)(H,47,48)(H2,45,46,49). The molecule has 0 saturated carbocycles. The lowest BCUT2D eigenvalue weighted by Crippen LogP contribution is -2.22. The van der Waals surface area contributed by atoms with E-state index in [0.29, 0.717) is 45.6 Å². The van der Waals surface area contributed by atoms with E-state index in [-0.39, 0.29) is 55.1 Å². The van der Waals surface area contributed by atoms with E-state index in [2.05, 4.69) is 20.9 Å². The number of anilines is 4. The third kappa shape index (κ3) is 11.5. The molecule has 0 saturated heterocycles. The number of nitrogens with one attached hydrogen (secondary N) is 3. The Labute approximate surface area is 337 Å². The van der Waals surface area contributed by atoms with Crippen molar-refractivity contribution < 1.29 is 51.5 Å². The van der Waals surface area contributed by atoms with Crippen LogP contribution in [-0.4, -0.2) is 83.5 Å². The number of ether oxygens (including phenoxy) is 6. The number of urea groups is 1. The lowest BCUT2D eigenvalue weighted by atomic mass is 9.86. The molecule has 15 nitrogen and oxygen atoms in total. The summed E-state index contributed by atoms with van der Waals surface area (Å²) >= 11 is 0. The Balaban J connectivity index is 1.29. The molecule has 0 aliphatic heterocycles. The summed E-state index contributed by atoms with van der Waals surface area (Å²) in [5.41, 5.74) is 1.68. The van der Waals surface area contributed by atoms with E-state index in [1.807, 2.05) is 45.0 Å². The van der Waals surface area contributed by atoms with Crippen molar-refractivity contribution in [3.05, 3.63) is 90.6 Å². The maximum absolute atomic E-state index is 13.5. The van der Waals surface area contributed by atoms with E-state index in [1.54, 1.807) is 74.8 Å². The van der Waals surface area contributed by atoms with Gasteiger partial charge in [0.1, 0.15) is 46.9 Å². The van der Waals surface area contributed by atoms with Gasteiger partial charge >= 0.3 is 12.0 Å². The molecule has 16 heteroatoms. The Kier molecular flexibility index (Phi) is 14.4. The number of carbonyl (C=O) groups is 2. The number of carboxylic acids is 1. The van der Waals surface area contributed by atoms with Gasteiger partial charge in [-0.3, -0.25) is 0 Å². The number of carbonyl (C=O) groups excluding carboxylic acids is 1. The lowest BCUT2D eigenvalue weighted by molar-refractivity contribution is -0.142. The molecule has 5 rings (SSSR count). The molecule has 2 amide bonds. The predicted octanol–water partition coefficient (Wildman–Crippen LogP) is 8.02. The Bertz CT molecular complexity index is 2350. The van der Waals surface area contributed by atoms with Crippen LogP contribution in [0.5, 0.6) is 28.7 Å². The van der Waals surface area contributed by atoms with Crippen LogP contribution in [0.3, 0.4) is 0 Å². The molecule has 308 valence electrons. The minimum absolute atomic E-state index is 0.0157. The van der Waals surface area contributed by atoms with Gasteiger partial charge in [-0.15, -0.1) is 0 Å². The molecular formula is C42H48N4O11S. The monoisotopic (exact) mass is 816 g/mol. The topological polar surface area (TPSA) is 193 Å². The van der Waals surface area contributed by atoms with Crippen molar-refractivity contribution in [2.24, 2.45) is 0 Å². The third-order valence-electron chi connectivity index (χ3n) is 8.66. The third-order valence-corrected chi connectivity index (χ3v) is 10.4. The van der Waals surface area contributed by atoms with Crippen LogP contribution in [0.1, 0.15) is 33.3 Å². The van der Waals surface area contributed by atoms with Gasteiger partial charge in [0.2, 0.25) is 0 Å². The van der Waals surface area contributed by atoms with Crippen LogP contribution in [0.2, 0.25) is 0 Å². The van der Waals surface area contributed by atoms with E-state index in [0.717, 1.165) is 10.9 Å². The molecule has 0 spiro atoms. The molecule has 0 aliphatic rings. The molecule has 0 radical (unpaired) electrons. The number of hydrogen-bond donors (Lipinski definition) is 4. The maximum Gasteiger partial charge on any atom is 0.329 e. The van der Waals surface area contributed by atoms with Gasteiger partial charge in [0, 0.05) is 46.9 Å². The number of aromatic nitrogens is 1. The second-order valence-electron chi connectivity index (χ2n) is 13.9. The van der Waals surface area contributed by atoms with Gasteiger partial charge in [-0.05, 0) is 41.3 Å². The van der Waals surface area contributed by atoms with E-state index in [1.165, 1.54) is 7.11 Å². The van der Waals surface area contributed by atoms with Gasteiger partial charge in [-0.25, -0.2) is 23.0 Å². The number of nitrogens with zero attached hydrogens (tertiary/aromatic N) is 1. The van der Waals surface area contributed by atoms with E-state index in [9.17, 15) is 18.0 Å². The number of carboxylic acid groups (broad SMARTS) is 1. The predicted molar refractivity (Wildman–Crippen MR) is 221 cm³/mol. The number of benzene rings is 4.